The molecule has 0 N–H and O–H groups in total. The van der Waals surface area contributed by atoms with Crippen LogP contribution in [-0.2, 0) is 0 Å². The summed E-state index contributed by atoms with van der Waals surface area (Å²) < 4.78 is 8.14. The monoisotopic (exact) mass is 280 g/mol. The van der Waals surface area contributed by atoms with Gasteiger partial charge in [0.2, 0.25) is 0 Å². The molecule has 0 bridgehead atoms. The van der Waals surface area contributed by atoms with E-state index in [1.807, 2.05) is 19.9 Å². The Kier molecular flexibility index (Phi) is 2.88. The third-order valence-electron chi connectivity index (χ3n) is 3.25. The van der Waals surface area contributed by atoms with Gasteiger partial charge in [0.05, 0.1) is 22.7 Å². The van der Waals surface area contributed by atoms with Crippen LogP contribution in [0.5, 0.6) is 5.75 Å². The second-order valence-corrected chi connectivity index (χ2v) is 5.39. The predicted molar refractivity (Wildman–Crippen MR) is 77.0 cm³/mol. The fourth-order valence-electron chi connectivity index (χ4n) is 2.38. The summed E-state index contributed by atoms with van der Waals surface area (Å²) in [7, 11) is 0. The van der Waals surface area contributed by atoms with Crippen molar-refractivity contribution < 1.29 is 9.28 Å². The highest BCUT2D eigenvalue weighted by Gasteiger charge is 2.29. The molecule has 5 nitrogen and oxygen atoms in total. The molecule has 3 rings (SSSR count). The molecule has 0 aliphatic carbocycles. The maximum atomic E-state index is 12.0. The lowest BCUT2D eigenvalue weighted by Gasteiger charge is -2.30. The standard InChI is InChI=1S/C16H14N3O2/c1-16(2)10-14(18-7-3-4-8-19(18)20)13-9-12(11-17)5-6-15(13)21-16/h3-10H,1-2H3/q+1. The van der Waals surface area contributed by atoms with Crippen molar-refractivity contribution in [1.82, 2.24) is 4.68 Å². The van der Waals surface area contributed by atoms with Crippen LogP contribution in [-0.4, -0.2) is 10.3 Å². The summed E-state index contributed by atoms with van der Waals surface area (Å²) in [6.45, 7) is 3.85. The van der Waals surface area contributed by atoms with Crippen molar-refractivity contribution in [3.05, 3.63) is 64.8 Å². The third kappa shape index (κ3) is 2.32. The van der Waals surface area contributed by atoms with Crippen molar-refractivity contribution in [2.45, 2.75) is 19.4 Å². The maximum Gasteiger partial charge on any atom is 0.258 e. The first kappa shape index (κ1) is 13.1. The molecular weight excluding hydrogens is 266 g/mol. The van der Waals surface area contributed by atoms with Gasteiger partial charge in [-0.1, -0.05) is 4.68 Å². The molecule has 0 unspecified atom stereocenters. The van der Waals surface area contributed by atoms with Crippen molar-refractivity contribution >= 4 is 5.70 Å². The summed E-state index contributed by atoms with van der Waals surface area (Å²) in [5.74, 6) is 0.660. The van der Waals surface area contributed by atoms with Gasteiger partial charge in [-0.15, -0.1) is 0 Å². The maximum absolute atomic E-state index is 12.0. The molecule has 2 aromatic rings. The summed E-state index contributed by atoms with van der Waals surface area (Å²) in [6, 6.07) is 10.8. The van der Waals surface area contributed by atoms with Crippen molar-refractivity contribution in [2.24, 2.45) is 0 Å². The molecule has 2 heterocycles. The van der Waals surface area contributed by atoms with E-state index in [1.165, 1.54) is 10.9 Å². The second-order valence-electron chi connectivity index (χ2n) is 5.39. The van der Waals surface area contributed by atoms with Crippen LogP contribution in [0.3, 0.4) is 0 Å². The zero-order valence-corrected chi connectivity index (χ0v) is 11.8. The molecule has 0 saturated heterocycles. The predicted octanol–water partition coefficient (Wildman–Crippen LogP) is 2.33. The Hall–Kier alpha value is -2.87. The number of aromatic nitrogens is 2. The number of ether oxygens (including phenoxy) is 1. The third-order valence-corrected chi connectivity index (χ3v) is 3.25. The number of hydrogen-bond acceptors (Lipinski definition) is 3. The van der Waals surface area contributed by atoms with E-state index >= 15 is 0 Å². The van der Waals surface area contributed by atoms with Gasteiger partial charge in [0, 0.05) is 11.6 Å². The van der Waals surface area contributed by atoms with Crippen LogP contribution >= 0.6 is 0 Å². The van der Waals surface area contributed by atoms with E-state index in [-0.39, 0.29) is 0 Å². The van der Waals surface area contributed by atoms with E-state index < -0.39 is 5.60 Å². The van der Waals surface area contributed by atoms with Crippen LogP contribution in [0.2, 0.25) is 0 Å². The number of rotatable bonds is 1. The summed E-state index contributed by atoms with van der Waals surface area (Å²) in [4.78, 5) is 12.0. The topological polar surface area (TPSA) is 60.9 Å². The SMILES string of the molecule is CC1(C)C=C(n2cccc[n+]2=O)c2cc(C#N)ccc2O1. The van der Waals surface area contributed by atoms with E-state index in [1.54, 1.807) is 36.5 Å². The molecule has 1 aliphatic rings. The van der Waals surface area contributed by atoms with E-state index in [0.717, 1.165) is 10.1 Å². The Morgan fingerprint density at radius 1 is 1.33 bits per heavy atom. The van der Waals surface area contributed by atoms with Gasteiger partial charge in [-0.25, -0.2) is 0 Å². The molecule has 0 radical (unpaired) electrons. The molecular formula is C16H14N3O2+. The van der Waals surface area contributed by atoms with E-state index in [0.29, 0.717) is 17.0 Å². The fourth-order valence-corrected chi connectivity index (χ4v) is 2.38. The number of fused-ring (bicyclic) bond motifs is 1. The average molecular weight is 280 g/mol. The zero-order valence-electron chi connectivity index (χ0n) is 11.8. The first-order valence-corrected chi connectivity index (χ1v) is 6.57. The number of hydrogen-bond donors (Lipinski definition) is 0. The van der Waals surface area contributed by atoms with Gasteiger partial charge in [-0.3, -0.25) is 0 Å². The van der Waals surface area contributed by atoms with Crippen LogP contribution in [0.4, 0.5) is 0 Å². The van der Waals surface area contributed by atoms with Gasteiger partial charge in [0.15, 0.2) is 4.54 Å². The molecule has 104 valence electrons. The molecule has 0 amide bonds. The second kappa shape index (κ2) is 4.60. The molecule has 0 spiro atoms. The van der Waals surface area contributed by atoms with E-state index in [4.69, 9.17) is 10.00 Å². The van der Waals surface area contributed by atoms with Crippen molar-refractivity contribution in [1.29, 1.82) is 5.26 Å². The minimum atomic E-state index is -0.535. The van der Waals surface area contributed by atoms with Gasteiger partial charge >= 0.3 is 0 Å². The minimum absolute atomic E-state index is 0.525. The lowest BCUT2D eigenvalue weighted by Crippen LogP contribution is -2.35. The van der Waals surface area contributed by atoms with E-state index in [9.17, 15) is 4.91 Å². The molecule has 5 heteroatoms. The molecule has 0 saturated carbocycles. The van der Waals surface area contributed by atoms with Crippen molar-refractivity contribution in [3.63, 3.8) is 0 Å². The highest BCUT2D eigenvalue weighted by Crippen LogP contribution is 2.36. The highest BCUT2D eigenvalue weighted by atomic mass is 16.5. The lowest BCUT2D eigenvalue weighted by molar-refractivity contribution is -0.584. The summed E-state index contributed by atoms with van der Waals surface area (Å²) in [5, 5.41) is 9.07. The number of nitrogens with zero attached hydrogens (tertiary/aromatic N) is 3. The first-order valence-electron chi connectivity index (χ1n) is 6.57. The fraction of sp³-hybridized carbons (Fsp3) is 0.188. The molecule has 0 atom stereocenters. The Morgan fingerprint density at radius 3 is 2.86 bits per heavy atom. The van der Waals surface area contributed by atoms with Crippen LogP contribution in [0.15, 0.2) is 48.8 Å². The zero-order chi connectivity index (χ0) is 15.0. The van der Waals surface area contributed by atoms with E-state index in [2.05, 4.69) is 6.07 Å². The summed E-state index contributed by atoms with van der Waals surface area (Å²) >= 11 is 0. The highest BCUT2D eigenvalue weighted by molar-refractivity contribution is 5.73. The molecule has 1 aromatic heterocycles. The van der Waals surface area contributed by atoms with Gasteiger partial charge in [0.25, 0.3) is 6.20 Å². The average Bonchev–Trinajstić information content (AvgIpc) is 2.46. The van der Waals surface area contributed by atoms with Crippen molar-refractivity contribution in [3.8, 4) is 11.8 Å². The van der Waals surface area contributed by atoms with Crippen LogP contribution in [0, 0.1) is 16.2 Å². The molecule has 21 heavy (non-hydrogen) atoms. The first-order chi connectivity index (χ1) is 10.00. The Bertz CT molecular complexity index is 841. The number of benzene rings is 1. The van der Waals surface area contributed by atoms with Crippen LogP contribution in [0.25, 0.3) is 5.70 Å². The molecule has 1 aromatic carbocycles. The number of nitriles is 1. The van der Waals surface area contributed by atoms with Crippen LogP contribution in [0.1, 0.15) is 25.0 Å². The van der Waals surface area contributed by atoms with Gasteiger partial charge in [0.1, 0.15) is 17.0 Å². The lowest BCUT2D eigenvalue weighted by atomic mass is 9.98. The van der Waals surface area contributed by atoms with Gasteiger partial charge < -0.3 is 4.74 Å². The van der Waals surface area contributed by atoms with Gasteiger partial charge in [-0.05, 0) is 44.2 Å². The summed E-state index contributed by atoms with van der Waals surface area (Å²) in [6.07, 6.45) is 4.99. The van der Waals surface area contributed by atoms with Gasteiger partial charge in [-0.2, -0.15) is 5.26 Å². The van der Waals surface area contributed by atoms with Crippen molar-refractivity contribution in [2.75, 3.05) is 0 Å². The quantitative estimate of drug-likeness (QED) is 0.753. The Labute approximate surface area is 121 Å². The minimum Gasteiger partial charge on any atom is -0.483 e. The molecule has 1 aliphatic heterocycles. The largest absolute Gasteiger partial charge is 0.483 e. The Morgan fingerprint density at radius 2 is 2.14 bits per heavy atom. The summed E-state index contributed by atoms with van der Waals surface area (Å²) in [5.41, 5.74) is 1.42. The smallest absolute Gasteiger partial charge is 0.258 e. The normalized spacial score (nSPS) is 15.4. The molecule has 0 fully saturated rings. The van der Waals surface area contributed by atoms with Crippen LogP contribution < -0.4 is 9.28 Å². The Balaban J connectivity index is 2.29.